The zero-order valence-corrected chi connectivity index (χ0v) is 28.4. The van der Waals surface area contributed by atoms with E-state index in [1.165, 1.54) is 17.0 Å². The highest BCUT2D eigenvalue weighted by Crippen LogP contribution is 2.25. The summed E-state index contributed by atoms with van der Waals surface area (Å²) < 4.78 is 28.0. The summed E-state index contributed by atoms with van der Waals surface area (Å²) >= 11 is 3.49. The summed E-state index contributed by atoms with van der Waals surface area (Å²) in [5, 5.41) is 3.27. The molecule has 1 aliphatic rings. The van der Waals surface area contributed by atoms with Gasteiger partial charge in [0.05, 0.1) is 11.9 Å². The summed E-state index contributed by atoms with van der Waals surface area (Å²) in [7, 11) is -3.58. The number of anilines is 1. The molecule has 1 saturated carbocycles. The highest BCUT2D eigenvalue weighted by Gasteiger charge is 2.32. The van der Waals surface area contributed by atoms with Gasteiger partial charge < -0.3 is 10.2 Å². The fourth-order valence-corrected chi connectivity index (χ4v) is 7.13. The van der Waals surface area contributed by atoms with Crippen LogP contribution in [0.3, 0.4) is 0 Å². The summed E-state index contributed by atoms with van der Waals surface area (Å²) in [6.07, 6.45) is 7.27. The smallest absolute Gasteiger partial charge is 0.243 e. The number of carbonyl (C=O) groups is 2. The first-order valence-electron chi connectivity index (χ1n) is 15.4. The molecule has 3 aromatic rings. The Kier molecular flexibility index (Phi) is 12.0. The number of hydrogen-bond acceptors (Lipinski definition) is 4. The van der Waals surface area contributed by atoms with Gasteiger partial charge in [-0.15, -0.1) is 0 Å². The van der Waals surface area contributed by atoms with Crippen LogP contribution in [-0.4, -0.2) is 50.0 Å². The van der Waals surface area contributed by atoms with E-state index in [1.54, 1.807) is 4.90 Å². The summed E-state index contributed by atoms with van der Waals surface area (Å²) in [4.78, 5) is 29.8. The molecule has 0 aliphatic heterocycles. The topological polar surface area (TPSA) is 86.8 Å². The molecule has 1 N–H and O–H groups in total. The van der Waals surface area contributed by atoms with Crippen LogP contribution in [0.5, 0.6) is 0 Å². The van der Waals surface area contributed by atoms with Crippen molar-refractivity contribution in [2.75, 3.05) is 17.1 Å². The Morgan fingerprint density at radius 2 is 1.61 bits per heavy atom. The molecule has 236 valence electrons. The SMILES string of the molecule is Cc1ccc(C)c(N(CCCC(=O)N(Cc2ccc(Br)cc2)[C@@H](Cc2ccccc2)C(=O)NC2CCCCC2)S(C)(=O)=O)c1. The molecule has 1 aliphatic carbocycles. The molecule has 0 heterocycles. The Hall–Kier alpha value is -3.17. The first-order chi connectivity index (χ1) is 21.0. The molecule has 4 rings (SSSR count). The fraction of sp³-hybridized carbons (Fsp3) is 0.429. The quantitative estimate of drug-likeness (QED) is 0.218. The standard InChI is InChI=1S/C35H44BrN3O4S/c1-26-16-17-27(2)32(23-26)39(44(3,42)43)22-10-15-34(40)38(25-29-18-20-30(36)21-19-29)33(24-28-11-6-4-7-12-28)35(41)37-31-13-8-5-9-14-31/h4,6-7,11-12,16-21,23,31,33H,5,8-10,13-15,22,24-25H2,1-3H3,(H,37,41)/t33-/m0/s1. The lowest BCUT2D eigenvalue weighted by Gasteiger charge is -2.34. The van der Waals surface area contributed by atoms with Crippen molar-refractivity contribution in [1.82, 2.24) is 10.2 Å². The van der Waals surface area contributed by atoms with Gasteiger partial charge >= 0.3 is 0 Å². The third-order valence-corrected chi connectivity index (χ3v) is 9.98. The molecule has 0 radical (unpaired) electrons. The second kappa shape index (κ2) is 15.7. The van der Waals surface area contributed by atoms with Crippen molar-refractivity contribution in [3.8, 4) is 0 Å². The van der Waals surface area contributed by atoms with Crippen molar-refractivity contribution in [2.45, 2.75) is 83.8 Å². The second-order valence-corrected chi connectivity index (χ2v) is 14.7. The van der Waals surface area contributed by atoms with Crippen molar-refractivity contribution in [3.63, 3.8) is 0 Å². The van der Waals surface area contributed by atoms with E-state index in [1.807, 2.05) is 86.6 Å². The molecule has 0 unspecified atom stereocenters. The number of hydrogen-bond donors (Lipinski definition) is 1. The maximum absolute atomic E-state index is 14.1. The summed E-state index contributed by atoms with van der Waals surface area (Å²) in [6, 6.07) is 22.7. The molecule has 0 spiro atoms. The predicted molar refractivity (Wildman–Crippen MR) is 181 cm³/mol. The molecule has 2 amide bonds. The average molecular weight is 683 g/mol. The number of rotatable bonds is 13. The van der Waals surface area contributed by atoms with Crippen molar-refractivity contribution in [1.29, 1.82) is 0 Å². The van der Waals surface area contributed by atoms with Crippen LogP contribution in [0.25, 0.3) is 0 Å². The molecule has 0 aromatic heterocycles. The van der Waals surface area contributed by atoms with Gasteiger partial charge in [-0.3, -0.25) is 13.9 Å². The molecule has 7 nitrogen and oxygen atoms in total. The molecule has 0 saturated heterocycles. The zero-order chi connectivity index (χ0) is 31.7. The van der Waals surface area contributed by atoms with Crippen LogP contribution >= 0.6 is 15.9 Å². The van der Waals surface area contributed by atoms with E-state index >= 15 is 0 Å². The van der Waals surface area contributed by atoms with E-state index in [0.29, 0.717) is 18.5 Å². The lowest BCUT2D eigenvalue weighted by Crippen LogP contribution is -2.52. The predicted octanol–water partition coefficient (Wildman–Crippen LogP) is 6.70. The maximum atomic E-state index is 14.1. The maximum Gasteiger partial charge on any atom is 0.243 e. The van der Waals surface area contributed by atoms with Gasteiger partial charge in [0, 0.05) is 36.4 Å². The van der Waals surface area contributed by atoms with Gasteiger partial charge in [0.25, 0.3) is 0 Å². The van der Waals surface area contributed by atoms with Crippen molar-refractivity contribution in [2.24, 2.45) is 0 Å². The minimum Gasteiger partial charge on any atom is -0.352 e. The first kappa shape index (κ1) is 33.7. The Bertz CT molecular complexity index is 1510. The number of amides is 2. The Balaban J connectivity index is 1.60. The van der Waals surface area contributed by atoms with E-state index in [4.69, 9.17) is 0 Å². The third kappa shape index (κ3) is 9.66. The lowest BCUT2D eigenvalue weighted by molar-refractivity contribution is -0.141. The first-order valence-corrected chi connectivity index (χ1v) is 18.1. The minimum absolute atomic E-state index is 0.107. The van der Waals surface area contributed by atoms with Gasteiger partial charge in [0.1, 0.15) is 6.04 Å². The van der Waals surface area contributed by atoms with Crippen LogP contribution in [0.4, 0.5) is 5.69 Å². The van der Waals surface area contributed by atoms with Crippen LogP contribution in [0.15, 0.2) is 77.3 Å². The molecular formula is C35H44BrN3O4S. The van der Waals surface area contributed by atoms with Gasteiger partial charge in [-0.25, -0.2) is 8.42 Å². The highest BCUT2D eigenvalue weighted by atomic mass is 79.9. The number of aryl methyl sites for hydroxylation is 2. The number of carbonyl (C=O) groups excluding carboxylic acids is 2. The van der Waals surface area contributed by atoms with E-state index in [0.717, 1.165) is 52.4 Å². The zero-order valence-electron chi connectivity index (χ0n) is 26.0. The van der Waals surface area contributed by atoms with Crippen LogP contribution in [-0.2, 0) is 32.6 Å². The number of nitrogens with one attached hydrogen (secondary N) is 1. The third-order valence-electron chi connectivity index (χ3n) is 8.27. The summed E-state index contributed by atoms with van der Waals surface area (Å²) in [5.41, 5.74) is 4.33. The van der Waals surface area contributed by atoms with Crippen LogP contribution in [0.1, 0.15) is 67.2 Å². The second-order valence-electron chi connectivity index (χ2n) is 11.9. The van der Waals surface area contributed by atoms with Crippen molar-refractivity contribution < 1.29 is 18.0 Å². The largest absolute Gasteiger partial charge is 0.352 e. The monoisotopic (exact) mass is 681 g/mol. The minimum atomic E-state index is -3.58. The molecule has 1 fully saturated rings. The van der Waals surface area contributed by atoms with E-state index in [2.05, 4.69) is 21.2 Å². The number of benzene rings is 3. The Labute approximate surface area is 271 Å². The molecule has 3 aromatic carbocycles. The van der Waals surface area contributed by atoms with Gasteiger partial charge in [-0.2, -0.15) is 0 Å². The molecule has 1 atom stereocenters. The molecule has 9 heteroatoms. The lowest BCUT2D eigenvalue weighted by atomic mass is 9.94. The normalized spacial score (nSPS) is 14.5. The van der Waals surface area contributed by atoms with Crippen molar-refractivity contribution in [3.05, 3.63) is 99.5 Å². The summed E-state index contributed by atoms with van der Waals surface area (Å²) in [5.74, 6) is -0.318. The number of nitrogens with zero attached hydrogens (tertiary/aromatic N) is 2. The van der Waals surface area contributed by atoms with Gasteiger partial charge in [0.15, 0.2) is 0 Å². The van der Waals surface area contributed by atoms with E-state index in [9.17, 15) is 18.0 Å². The van der Waals surface area contributed by atoms with Crippen LogP contribution in [0.2, 0.25) is 0 Å². The molecular weight excluding hydrogens is 638 g/mol. The Morgan fingerprint density at radius 3 is 2.27 bits per heavy atom. The van der Waals surface area contributed by atoms with E-state index < -0.39 is 16.1 Å². The number of sulfonamides is 1. The van der Waals surface area contributed by atoms with Crippen LogP contribution < -0.4 is 9.62 Å². The Morgan fingerprint density at radius 1 is 0.932 bits per heavy atom. The van der Waals surface area contributed by atoms with Crippen molar-refractivity contribution >= 4 is 43.5 Å². The van der Waals surface area contributed by atoms with E-state index in [-0.39, 0.29) is 37.4 Å². The fourth-order valence-electron chi connectivity index (χ4n) is 5.86. The van der Waals surface area contributed by atoms with Gasteiger partial charge in [-0.05, 0) is 73.6 Å². The van der Waals surface area contributed by atoms with Crippen LogP contribution in [0, 0.1) is 13.8 Å². The van der Waals surface area contributed by atoms with Gasteiger partial charge in [-0.1, -0.05) is 89.8 Å². The average Bonchev–Trinajstić information content (AvgIpc) is 2.99. The molecule has 0 bridgehead atoms. The number of halogens is 1. The highest BCUT2D eigenvalue weighted by molar-refractivity contribution is 9.10. The summed E-state index contributed by atoms with van der Waals surface area (Å²) in [6.45, 7) is 4.25. The molecule has 44 heavy (non-hydrogen) atoms. The van der Waals surface area contributed by atoms with Gasteiger partial charge in [0.2, 0.25) is 21.8 Å².